The first-order valence-corrected chi connectivity index (χ1v) is 6.32. The molecule has 2 aromatic rings. The molecule has 1 amide bonds. The molecule has 1 aromatic carbocycles. The van der Waals surface area contributed by atoms with Crippen molar-refractivity contribution in [1.82, 2.24) is 5.43 Å². The number of carbonyl (C=O) groups is 1. The van der Waals surface area contributed by atoms with E-state index in [4.69, 9.17) is 15.0 Å². The molecule has 5 heteroatoms. The number of nitrogens with one attached hydrogen (secondary N) is 1. The van der Waals surface area contributed by atoms with Gasteiger partial charge in [0.25, 0.3) is 0 Å². The number of amides is 1. The van der Waals surface area contributed by atoms with Crippen molar-refractivity contribution in [2.24, 2.45) is 5.84 Å². The van der Waals surface area contributed by atoms with Crippen LogP contribution in [0.25, 0.3) is 0 Å². The second-order valence-electron chi connectivity index (χ2n) is 4.71. The Morgan fingerprint density at radius 2 is 1.90 bits per heavy atom. The lowest BCUT2D eigenvalue weighted by Gasteiger charge is -2.10. The van der Waals surface area contributed by atoms with Gasteiger partial charge in [-0.15, -0.1) is 0 Å². The lowest BCUT2D eigenvalue weighted by atomic mass is 10.1. The number of para-hydroxylation sites is 1. The van der Waals surface area contributed by atoms with Crippen molar-refractivity contribution in [1.29, 1.82) is 0 Å². The fourth-order valence-corrected chi connectivity index (χ4v) is 2.08. The molecule has 0 radical (unpaired) electrons. The minimum atomic E-state index is -0.444. The van der Waals surface area contributed by atoms with Crippen molar-refractivity contribution in [2.75, 3.05) is 0 Å². The van der Waals surface area contributed by atoms with Crippen LogP contribution in [0.15, 0.2) is 28.7 Å². The summed E-state index contributed by atoms with van der Waals surface area (Å²) in [7, 11) is 0. The molecule has 2 rings (SSSR count). The fourth-order valence-electron chi connectivity index (χ4n) is 2.08. The van der Waals surface area contributed by atoms with Crippen LogP contribution in [0.3, 0.4) is 0 Å². The average molecular weight is 274 g/mol. The Kier molecular flexibility index (Phi) is 4.10. The van der Waals surface area contributed by atoms with Gasteiger partial charge in [0.1, 0.15) is 18.1 Å². The Morgan fingerprint density at radius 3 is 2.50 bits per heavy atom. The fraction of sp³-hybridized carbons (Fsp3) is 0.267. The molecular formula is C15H18N2O3. The zero-order valence-electron chi connectivity index (χ0n) is 11.8. The van der Waals surface area contributed by atoms with Gasteiger partial charge in [-0.3, -0.25) is 10.2 Å². The number of nitrogen functional groups attached to an aromatic ring is 1. The van der Waals surface area contributed by atoms with Gasteiger partial charge in [-0.1, -0.05) is 18.2 Å². The van der Waals surface area contributed by atoms with E-state index in [0.29, 0.717) is 5.76 Å². The summed E-state index contributed by atoms with van der Waals surface area (Å²) < 4.78 is 11.2. The van der Waals surface area contributed by atoms with Crippen LogP contribution in [0.4, 0.5) is 0 Å². The Morgan fingerprint density at radius 1 is 1.25 bits per heavy atom. The third-order valence-electron chi connectivity index (χ3n) is 3.07. The Hall–Kier alpha value is -2.27. The van der Waals surface area contributed by atoms with Gasteiger partial charge in [-0.2, -0.15) is 0 Å². The van der Waals surface area contributed by atoms with Gasteiger partial charge in [0.2, 0.25) is 0 Å². The van der Waals surface area contributed by atoms with Gasteiger partial charge in [0.15, 0.2) is 5.76 Å². The average Bonchev–Trinajstić information content (AvgIpc) is 2.78. The molecule has 0 saturated carbocycles. The third-order valence-corrected chi connectivity index (χ3v) is 3.07. The van der Waals surface area contributed by atoms with Crippen LogP contribution in [0, 0.1) is 20.8 Å². The summed E-state index contributed by atoms with van der Waals surface area (Å²) in [6.07, 6.45) is 0. The summed E-state index contributed by atoms with van der Waals surface area (Å²) >= 11 is 0. The van der Waals surface area contributed by atoms with Crippen LogP contribution in [0.2, 0.25) is 0 Å². The number of hydrogen-bond acceptors (Lipinski definition) is 4. The largest absolute Gasteiger partial charge is 0.485 e. The number of benzene rings is 1. The molecule has 0 aliphatic carbocycles. The topological polar surface area (TPSA) is 77.5 Å². The molecule has 0 bridgehead atoms. The minimum absolute atomic E-state index is 0.215. The second-order valence-corrected chi connectivity index (χ2v) is 4.71. The molecule has 0 aliphatic heterocycles. The van der Waals surface area contributed by atoms with E-state index in [2.05, 4.69) is 5.43 Å². The van der Waals surface area contributed by atoms with Crippen LogP contribution in [-0.2, 0) is 6.61 Å². The first kappa shape index (κ1) is 14.1. The molecule has 0 saturated heterocycles. The summed E-state index contributed by atoms with van der Waals surface area (Å²) in [6.45, 7) is 6.03. The lowest BCUT2D eigenvalue weighted by molar-refractivity contribution is 0.0921. The standard InChI is InChI=1S/C15H18N2O3/c1-9-5-4-6-10(2)13(9)19-8-12-7-11(3)14(20-12)15(18)17-16/h4-7H,8,16H2,1-3H3,(H,17,18). The van der Waals surface area contributed by atoms with E-state index < -0.39 is 5.91 Å². The Bertz CT molecular complexity index is 612. The van der Waals surface area contributed by atoms with Gasteiger partial charge >= 0.3 is 5.91 Å². The number of aryl methyl sites for hydroxylation is 3. The Balaban J connectivity index is 2.14. The van der Waals surface area contributed by atoms with Crippen molar-refractivity contribution in [2.45, 2.75) is 27.4 Å². The maximum Gasteiger partial charge on any atom is 0.301 e. The smallest absolute Gasteiger partial charge is 0.301 e. The maximum atomic E-state index is 11.5. The molecule has 20 heavy (non-hydrogen) atoms. The monoisotopic (exact) mass is 274 g/mol. The third kappa shape index (κ3) is 2.83. The summed E-state index contributed by atoms with van der Waals surface area (Å²) in [5.41, 5.74) is 4.91. The van der Waals surface area contributed by atoms with Crippen LogP contribution in [0.5, 0.6) is 5.75 Å². The molecule has 0 aliphatic rings. The van der Waals surface area contributed by atoms with Gasteiger partial charge < -0.3 is 9.15 Å². The summed E-state index contributed by atoms with van der Waals surface area (Å²) in [5.74, 6) is 6.29. The van der Waals surface area contributed by atoms with Crippen molar-refractivity contribution >= 4 is 5.91 Å². The predicted octanol–water partition coefficient (Wildman–Crippen LogP) is 2.39. The SMILES string of the molecule is Cc1cc(COc2c(C)cccc2C)oc1C(=O)NN. The first-order chi connectivity index (χ1) is 9.52. The molecule has 0 fully saturated rings. The molecule has 106 valence electrons. The first-order valence-electron chi connectivity index (χ1n) is 6.32. The van der Waals surface area contributed by atoms with E-state index in [1.165, 1.54) is 0 Å². The van der Waals surface area contributed by atoms with Crippen LogP contribution < -0.4 is 16.0 Å². The summed E-state index contributed by atoms with van der Waals surface area (Å²) in [4.78, 5) is 11.5. The number of nitrogens with two attached hydrogens (primary N) is 1. The molecule has 3 N–H and O–H groups in total. The van der Waals surface area contributed by atoms with Crippen molar-refractivity contribution in [3.05, 3.63) is 52.5 Å². The van der Waals surface area contributed by atoms with Crippen molar-refractivity contribution in [3.63, 3.8) is 0 Å². The number of ether oxygens (including phenoxy) is 1. The zero-order valence-corrected chi connectivity index (χ0v) is 11.8. The van der Waals surface area contributed by atoms with E-state index in [1.54, 1.807) is 13.0 Å². The summed E-state index contributed by atoms with van der Waals surface area (Å²) in [6, 6.07) is 7.74. The second kappa shape index (κ2) is 5.79. The van der Waals surface area contributed by atoms with E-state index in [1.807, 2.05) is 32.0 Å². The molecule has 1 heterocycles. The summed E-state index contributed by atoms with van der Waals surface area (Å²) in [5, 5.41) is 0. The van der Waals surface area contributed by atoms with E-state index in [9.17, 15) is 4.79 Å². The number of carbonyl (C=O) groups excluding carboxylic acids is 1. The van der Waals surface area contributed by atoms with Gasteiger partial charge in [-0.05, 0) is 38.0 Å². The number of hydrogen-bond donors (Lipinski definition) is 2. The Labute approximate surface area is 117 Å². The highest BCUT2D eigenvalue weighted by Gasteiger charge is 2.15. The van der Waals surface area contributed by atoms with Gasteiger partial charge in [0.05, 0.1) is 0 Å². The zero-order chi connectivity index (χ0) is 14.7. The molecule has 5 nitrogen and oxygen atoms in total. The molecule has 0 atom stereocenters. The quantitative estimate of drug-likeness (QED) is 0.510. The highest BCUT2D eigenvalue weighted by molar-refractivity contribution is 5.92. The van der Waals surface area contributed by atoms with Crippen LogP contribution in [-0.4, -0.2) is 5.91 Å². The van der Waals surface area contributed by atoms with Crippen molar-refractivity contribution in [3.8, 4) is 5.75 Å². The number of furan rings is 1. The van der Waals surface area contributed by atoms with E-state index >= 15 is 0 Å². The molecule has 0 spiro atoms. The van der Waals surface area contributed by atoms with E-state index in [0.717, 1.165) is 22.4 Å². The van der Waals surface area contributed by atoms with Crippen molar-refractivity contribution < 1.29 is 13.9 Å². The predicted molar refractivity (Wildman–Crippen MR) is 75.3 cm³/mol. The molecule has 1 aromatic heterocycles. The van der Waals surface area contributed by atoms with Crippen LogP contribution in [0.1, 0.15) is 33.0 Å². The minimum Gasteiger partial charge on any atom is -0.485 e. The molecular weight excluding hydrogens is 256 g/mol. The molecule has 0 unspecified atom stereocenters. The van der Waals surface area contributed by atoms with Crippen LogP contribution >= 0.6 is 0 Å². The van der Waals surface area contributed by atoms with E-state index in [-0.39, 0.29) is 12.4 Å². The van der Waals surface area contributed by atoms with Gasteiger partial charge in [0, 0.05) is 5.56 Å². The van der Waals surface area contributed by atoms with Gasteiger partial charge in [-0.25, -0.2) is 5.84 Å². The number of hydrazine groups is 1. The lowest BCUT2D eigenvalue weighted by Crippen LogP contribution is -2.30. The maximum absolute atomic E-state index is 11.5. The number of rotatable bonds is 4. The highest BCUT2D eigenvalue weighted by atomic mass is 16.5. The highest BCUT2D eigenvalue weighted by Crippen LogP contribution is 2.24. The normalized spacial score (nSPS) is 10.4.